The molecule has 3 heterocycles. The van der Waals surface area contributed by atoms with Crippen LogP contribution in [0.25, 0.3) is 0 Å². The molecule has 0 spiro atoms. The van der Waals surface area contributed by atoms with Gasteiger partial charge in [0.25, 0.3) is 0 Å². The zero-order valence-electron chi connectivity index (χ0n) is 10.1. The number of aromatic nitrogens is 2. The van der Waals surface area contributed by atoms with Crippen LogP contribution in [-0.2, 0) is 4.79 Å². The summed E-state index contributed by atoms with van der Waals surface area (Å²) in [7, 11) is 0. The second-order valence-corrected chi connectivity index (χ2v) is 4.82. The summed E-state index contributed by atoms with van der Waals surface area (Å²) in [4.78, 5) is 24.1. The van der Waals surface area contributed by atoms with E-state index in [1.807, 2.05) is 4.90 Å². The molecule has 3 rings (SSSR count). The molecule has 1 atom stereocenters. The maximum atomic E-state index is 11.8. The summed E-state index contributed by atoms with van der Waals surface area (Å²) < 4.78 is 0. The first-order valence-corrected chi connectivity index (χ1v) is 6.29. The van der Waals surface area contributed by atoms with Gasteiger partial charge in [-0.2, -0.15) is 0 Å². The van der Waals surface area contributed by atoms with Crippen molar-refractivity contribution in [1.29, 1.82) is 0 Å². The number of fused-ring (bicyclic) bond motifs is 1. The van der Waals surface area contributed by atoms with Gasteiger partial charge in [-0.15, -0.1) is 0 Å². The Bertz CT molecular complexity index is 448. The Kier molecular flexibility index (Phi) is 2.77. The fourth-order valence-electron chi connectivity index (χ4n) is 2.72. The number of rotatable bonds is 1. The molecular formula is C12H16N4O2. The maximum Gasteiger partial charge on any atom is 0.225 e. The molecule has 2 aliphatic rings. The molecule has 6 nitrogen and oxygen atoms in total. The molecule has 1 unspecified atom stereocenters. The molecule has 0 aliphatic carbocycles. The topological polar surface area (TPSA) is 69.6 Å². The molecule has 0 saturated carbocycles. The first-order valence-electron chi connectivity index (χ1n) is 6.29. The Hall–Kier alpha value is -1.85. The minimum atomic E-state index is 0.0743. The smallest absolute Gasteiger partial charge is 0.225 e. The van der Waals surface area contributed by atoms with Crippen LogP contribution in [0.2, 0.25) is 0 Å². The van der Waals surface area contributed by atoms with Gasteiger partial charge in [0.05, 0.1) is 12.4 Å². The van der Waals surface area contributed by atoms with Crippen molar-refractivity contribution in [2.24, 2.45) is 0 Å². The molecule has 18 heavy (non-hydrogen) atoms. The predicted octanol–water partition coefficient (Wildman–Crippen LogP) is 0.383. The van der Waals surface area contributed by atoms with Crippen LogP contribution in [0.3, 0.4) is 0 Å². The van der Waals surface area contributed by atoms with Crippen LogP contribution in [0.15, 0.2) is 12.4 Å². The second-order valence-electron chi connectivity index (χ2n) is 4.82. The third kappa shape index (κ3) is 1.98. The van der Waals surface area contributed by atoms with Gasteiger partial charge in [-0.05, 0) is 12.8 Å². The Labute approximate surface area is 105 Å². The van der Waals surface area contributed by atoms with Crippen molar-refractivity contribution in [3.63, 3.8) is 0 Å². The SMILES string of the molecule is O=C1CCCC2CN(c3ncc(O)cn3)CCN12. The Balaban J connectivity index is 1.73. The van der Waals surface area contributed by atoms with Crippen LogP contribution < -0.4 is 4.90 Å². The van der Waals surface area contributed by atoms with E-state index in [9.17, 15) is 9.90 Å². The van der Waals surface area contributed by atoms with E-state index in [0.717, 1.165) is 32.5 Å². The molecule has 0 bridgehead atoms. The highest BCUT2D eigenvalue weighted by Gasteiger charge is 2.33. The normalized spacial score (nSPS) is 24.0. The number of piperidine rings is 1. The number of hydrogen-bond donors (Lipinski definition) is 1. The largest absolute Gasteiger partial charge is 0.505 e. The fraction of sp³-hybridized carbons (Fsp3) is 0.583. The predicted molar refractivity (Wildman–Crippen MR) is 65.3 cm³/mol. The summed E-state index contributed by atoms with van der Waals surface area (Å²) in [5.41, 5.74) is 0. The molecule has 6 heteroatoms. The van der Waals surface area contributed by atoms with Crippen molar-refractivity contribution < 1.29 is 9.90 Å². The number of nitrogens with zero attached hydrogens (tertiary/aromatic N) is 4. The van der Waals surface area contributed by atoms with Crippen molar-refractivity contribution in [3.8, 4) is 5.75 Å². The minimum Gasteiger partial charge on any atom is -0.505 e. The van der Waals surface area contributed by atoms with E-state index in [-0.39, 0.29) is 17.7 Å². The molecule has 1 N–H and O–H groups in total. The van der Waals surface area contributed by atoms with Gasteiger partial charge >= 0.3 is 0 Å². The fourth-order valence-corrected chi connectivity index (χ4v) is 2.72. The van der Waals surface area contributed by atoms with E-state index >= 15 is 0 Å². The molecule has 1 aromatic rings. The van der Waals surface area contributed by atoms with Crippen LogP contribution in [-0.4, -0.2) is 51.6 Å². The highest BCUT2D eigenvalue weighted by Crippen LogP contribution is 2.24. The summed E-state index contributed by atoms with van der Waals surface area (Å²) in [5, 5.41) is 9.18. The summed E-state index contributed by atoms with van der Waals surface area (Å²) in [6, 6.07) is 0.289. The molecular weight excluding hydrogens is 232 g/mol. The van der Waals surface area contributed by atoms with Crippen molar-refractivity contribution in [2.45, 2.75) is 25.3 Å². The average Bonchev–Trinajstić information content (AvgIpc) is 2.39. The molecule has 1 aromatic heterocycles. The summed E-state index contributed by atoms with van der Waals surface area (Å²) >= 11 is 0. The van der Waals surface area contributed by atoms with Gasteiger partial charge in [0, 0.05) is 32.1 Å². The lowest BCUT2D eigenvalue weighted by atomic mass is 9.99. The van der Waals surface area contributed by atoms with Crippen LogP contribution in [0, 0.1) is 0 Å². The Morgan fingerprint density at radius 3 is 2.83 bits per heavy atom. The first kappa shape index (κ1) is 11.3. The molecule has 2 fully saturated rings. The first-order chi connectivity index (χ1) is 8.74. The van der Waals surface area contributed by atoms with Gasteiger partial charge in [-0.1, -0.05) is 0 Å². The molecule has 2 saturated heterocycles. The molecule has 0 aromatic carbocycles. The van der Waals surface area contributed by atoms with Crippen LogP contribution in [0.4, 0.5) is 5.95 Å². The summed E-state index contributed by atoms with van der Waals surface area (Å²) in [6.45, 7) is 2.29. The second kappa shape index (κ2) is 4.44. The molecule has 1 amide bonds. The summed E-state index contributed by atoms with van der Waals surface area (Å²) in [5.74, 6) is 0.980. The number of carbonyl (C=O) groups is 1. The molecule has 0 radical (unpaired) electrons. The lowest BCUT2D eigenvalue weighted by molar-refractivity contribution is -0.136. The zero-order valence-corrected chi connectivity index (χ0v) is 10.1. The van der Waals surface area contributed by atoms with Gasteiger partial charge in [-0.3, -0.25) is 4.79 Å². The van der Waals surface area contributed by atoms with Gasteiger partial charge in [0.2, 0.25) is 11.9 Å². The van der Waals surface area contributed by atoms with E-state index in [0.29, 0.717) is 12.4 Å². The lowest BCUT2D eigenvalue weighted by Gasteiger charge is -2.43. The van der Waals surface area contributed by atoms with Gasteiger partial charge in [0.1, 0.15) is 0 Å². The lowest BCUT2D eigenvalue weighted by Crippen LogP contribution is -2.57. The van der Waals surface area contributed by atoms with Crippen molar-refractivity contribution in [3.05, 3.63) is 12.4 Å². The van der Waals surface area contributed by atoms with E-state index in [1.54, 1.807) is 0 Å². The number of amides is 1. The van der Waals surface area contributed by atoms with Crippen LogP contribution in [0.5, 0.6) is 5.75 Å². The van der Waals surface area contributed by atoms with Crippen LogP contribution >= 0.6 is 0 Å². The Morgan fingerprint density at radius 1 is 1.28 bits per heavy atom. The number of anilines is 1. The van der Waals surface area contributed by atoms with Crippen molar-refractivity contribution >= 4 is 11.9 Å². The Morgan fingerprint density at radius 2 is 2.06 bits per heavy atom. The van der Waals surface area contributed by atoms with E-state index in [2.05, 4.69) is 14.9 Å². The summed E-state index contributed by atoms with van der Waals surface area (Å²) in [6.07, 6.45) is 5.53. The van der Waals surface area contributed by atoms with E-state index < -0.39 is 0 Å². The highest BCUT2D eigenvalue weighted by atomic mass is 16.3. The van der Waals surface area contributed by atoms with Crippen molar-refractivity contribution in [2.75, 3.05) is 24.5 Å². The number of aromatic hydroxyl groups is 1. The van der Waals surface area contributed by atoms with Crippen molar-refractivity contribution in [1.82, 2.24) is 14.9 Å². The average molecular weight is 248 g/mol. The zero-order chi connectivity index (χ0) is 12.5. The standard InChI is InChI=1S/C12H16N4O2/c17-10-6-13-12(14-7-10)15-4-5-16-9(8-15)2-1-3-11(16)18/h6-7,9,17H,1-5,8H2. The number of hydrogen-bond acceptors (Lipinski definition) is 5. The van der Waals surface area contributed by atoms with Gasteiger partial charge in [-0.25, -0.2) is 9.97 Å². The van der Waals surface area contributed by atoms with E-state index in [4.69, 9.17) is 0 Å². The van der Waals surface area contributed by atoms with Crippen LogP contribution in [0.1, 0.15) is 19.3 Å². The molecule has 2 aliphatic heterocycles. The van der Waals surface area contributed by atoms with E-state index in [1.165, 1.54) is 12.4 Å². The minimum absolute atomic E-state index is 0.0743. The monoisotopic (exact) mass is 248 g/mol. The van der Waals surface area contributed by atoms with Gasteiger partial charge < -0.3 is 14.9 Å². The number of carbonyl (C=O) groups excluding carboxylic acids is 1. The third-order valence-electron chi connectivity index (χ3n) is 3.64. The highest BCUT2D eigenvalue weighted by molar-refractivity contribution is 5.77. The van der Waals surface area contributed by atoms with Gasteiger partial charge in [0.15, 0.2) is 5.75 Å². The molecule has 96 valence electrons. The maximum absolute atomic E-state index is 11.8. The number of piperazine rings is 1. The third-order valence-corrected chi connectivity index (χ3v) is 3.64. The quantitative estimate of drug-likeness (QED) is 0.778.